The monoisotopic (exact) mass is 269 g/mol. The maximum absolute atomic E-state index is 12.6. The highest BCUT2D eigenvalue weighted by Crippen LogP contribution is 2.24. The molecule has 0 spiro atoms. The van der Waals surface area contributed by atoms with Crippen molar-refractivity contribution in [2.45, 2.75) is 32.7 Å². The smallest absolute Gasteiger partial charge is 0.274 e. The molecule has 1 aliphatic rings. The van der Waals surface area contributed by atoms with Gasteiger partial charge in [0.1, 0.15) is 0 Å². The Balaban J connectivity index is 1.80. The number of carbonyl (C=O) groups is 1. The lowest BCUT2D eigenvalue weighted by atomic mass is 10.1. The summed E-state index contributed by atoms with van der Waals surface area (Å²) in [4.78, 5) is 14.5. The molecule has 0 saturated heterocycles. The largest absolute Gasteiger partial charge is 0.333 e. The molecule has 0 aliphatic heterocycles. The van der Waals surface area contributed by atoms with Gasteiger partial charge >= 0.3 is 0 Å². The fourth-order valence-corrected chi connectivity index (χ4v) is 2.78. The minimum absolute atomic E-state index is 0.0377. The average molecular weight is 269 g/mol. The molecule has 1 heterocycles. The van der Waals surface area contributed by atoms with Crippen molar-refractivity contribution in [1.82, 2.24) is 15.1 Å². The number of carbonyl (C=O) groups excluding carboxylic acids is 1. The molecular formula is C16H19N3O. The van der Waals surface area contributed by atoms with Crippen LogP contribution in [0.25, 0.3) is 0 Å². The van der Waals surface area contributed by atoms with Gasteiger partial charge in [0.25, 0.3) is 5.91 Å². The zero-order valence-corrected chi connectivity index (χ0v) is 11.7. The molecule has 1 aromatic heterocycles. The minimum atomic E-state index is 0.0377. The Morgan fingerprint density at radius 2 is 2.10 bits per heavy atom. The summed E-state index contributed by atoms with van der Waals surface area (Å²) in [6.07, 6.45) is 3.10. The highest BCUT2D eigenvalue weighted by Gasteiger charge is 2.25. The molecule has 4 heteroatoms. The van der Waals surface area contributed by atoms with Gasteiger partial charge in [-0.15, -0.1) is 0 Å². The Morgan fingerprint density at radius 3 is 2.85 bits per heavy atom. The summed E-state index contributed by atoms with van der Waals surface area (Å²) in [6.45, 7) is 3.33. The first-order chi connectivity index (χ1) is 9.79. The van der Waals surface area contributed by atoms with Crippen LogP contribution in [0.3, 0.4) is 0 Å². The number of aromatic nitrogens is 2. The second kappa shape index (κ2) is 5.49. The molecule has 0 bridgehead atoms. The number of hydrogen-bond donors (Lipinski definition) is 1. The fraction of sp³-hybridized carbons (Fsp3) is 0.375. The van der Waals surface area contributed by atoms with Crippen molar-refractivity contribution in [3.05, 3.63) is 52.8 Å². The molecule has 2 aromatic rings. The quantitative estimate of drug-likeness (QED) is 0.927. The fourth-order valence-electron chi connectivity index (χ4n) is 2.78. The maximum atomic E-state index is 12.6. The third kappa shape index (κ3) is 2.33. The molecule has 1 aromatic carbocycles. The summed E-state index contributed by atoms with van der Waals surface area (Å²) < 4.78 is 0. The topological polar surface area (TPSA) is 49.0 Å². The first kappa shape index (κ1) is 12.9. The van der Waals surface area contributed by atoms with Gasteiger partial charge in [0.2, 0.25) is 0 Å². The van der Waals surface area contributed by atoms with Gasteiger partial charge in [-0.3, -0.25) is 9.89 Å². The molecule has 0 fully saturated rings. The number of rotatable bonds is 4. The Morgan fingerprint density at radius 1 is 1.30 bits per heavy atom. The van der Waals surface area contributed by atoms with Crippen molar-refractivity contribution in [2.24, 2.45) is 0 Å². The van der Waals surface area contributed by atoms with Gasteiger partial charge in [-0.05, 0) is 31.7 Å². The van der Waals surface area contributed by atoms with Gasteiger partial charge in [-0.2, -0.15) is 5.10 Å². The number of aryl methyl sites for hydroxylation is 1. The number of H-pyrrole nitrogens is 1. The third-order valence-electron chi connectivity index (χ3n) is 3.89. The summed E-state index contributed by atoms with van der Waals surface area (Å²) in [6, 6.07) is 10.1. The van der Waals surface area contributed by atoms with Crippen LogP contribution in [0.5, 0.6) is 0 Å². The predicted octanol–water partition coefficient (Wildman–Crippen LogP) is 2.56. The van der Waals surface area contributed by atoms with Crippen molar-refractivity contribution < 1.29 is 4.79 Å². The number of benzene rings is 1. The third-order valence-corrected chi connectivity index (χ3v) is 3.89. The van der Waals surface area contributed by atoms with Gasteiger partial charge in [-0.25, -0.2) is 0 Å². The van der Waals surface area contributed by atoms with Crippen molar-refractivity contribution in [2.75, 3.05) is 6.54 Å². The van der Waals surface area contributed by atoms with E-state index in [9.17, 15) is 4.79 Å². The normalized spacial score (nSPS) is 13.2. The molecule has 0 unspecified atom stereocenters. The van der Waals surface area contributed by atoms with Crippen molar-refractivity contribution in [3.63, 3.8) is 0 Å². The van der Waals surface area contributed by atoms with E-state index in [0.29, 0.717) is 18.8 Å². The van der Waals surface area contributed by atoms with Gasteiger partial charge in [0.15, 0.2) is 5.69 Å². The highest BCUT2D eigenvalue weighted by atomic mass is 16.2. The second-order valence-corrected chi connectivity index (χ2v) is 5.19. The van der Waals surface area contributed by atoms with Crippen LogP contribution in [0, 0.1) is 0 Å². The molecule has 0 radical (unpaired) electrons. The number of nitrogens with one attached hydrogen (secondary N) is 1. The molecule has 4 nitrogen and oxygen atoms in total. The van der Waals surface area contributed by atoms with Gasteiger partial charge in [0, 0.05) is 24.3 Å². The first-order valence-electron chi connectivity index (χ1n) is 7.19. The zero-order chi connectivity index (χ0) is 13.9. The van der Waals surface area contributed by atoms with Crippen LogP contribution in [0.1, 0.15) is 40.7 Å². The van der Waals surface area contributed by atoms with Crippen molar-refractivity contribution in [3.8, 4) is 0 Å². The van der Waals surface area contributed by atoms with Gasteiger partial charge in [-0.1, -0.05) is 30.3 Å². The SMILES string of the molecule is CCN(Cc1ccccc1)C(=O)c1n[nH]c2c1CCC2. The van der Waals surface area contributed by atoms with E-state index in [1.807, 2.05) is 42.2 Å². The number of hydrogen-bond acceptors (Lipinski definition) is 2. The Labute approximate surface area is 118 Å². The van der Waals surface area contributed by atoms with E-state index >= 15 is 0 Å². The molecule has 1 amide bonds. The molecule has 1 aliphatic carbocycles. The second-order valence-electron chi connectivity index (χ2n) is 5.19. The van der Waals surface area contributed by atoms with Gasteiger partial charge in [0.05, 0.1) is 0 Å². The van der Waals surface area contributed by atoms with Crippen LogP contribution in [0.15, 0.2) is 30.3 Å². The summed E-state index contributed by atoms with van der Waals surface area (Å²) in [5.74, 6) is 0.0377. The average Bonchev–Trinajstić information content (AvgIpc) is 3.08. The van der Waals surface area contributed by atoms with E-state index in [1.54, 1.807) is 0 Å². The molecule has 20 heavy (non-hydrogen) atoms. The Hall–Kier alpha value is -2.10. The van der Waals surface area contributed by atoms with Crippen LogP contribution >= 0.6 is 0 Å². The summed E-state index contributed by atoms with van der Waals surface area (Å²) in [5.41, 5.74) is 4.04. The van der Waals surface area contributed by atoms with Crippen molar-refractivity contribution in [1.29, 1.82) is 0 Å². The lowest BCUT2D eigenvalue weighted by molar-refractivity contribution is 0.0745. The molecule has 0 saturated carbocycles. The van der Waals surface area contributed by atoms with Gasteiger partial charge < -0.3 is 4.90 Å². The first-order valence-corrected chi connectivity index (χ1v) is 7.19. The maximum Gasteiger partial charge on any atom is 0.274 e. The molecule has 3 rings (SSSR count). The van der Waals surface area contributed by atoms with E-state index < -0.39 is 0 Å². The zero-order valence-electron chi connectivity index (χ0n) is 11.7. The van der Waals surface area contributed by atoms with E-state index in [0.717, 1.165) is 36.1 Å². The molecule has 0 atom stereocenters. The van der Waals surface area contributed by atoms with Crippen LogP contribution < -0.4 is 0 Å². The Kier molecular flexibility index (Phi) is 3.54. The van der Waals surface area contributed by atoms with E-state index in [4.69, 9.17) is 0 Å². The number of aromatic amines is 1. The van der Waals surface area contributed by atoms with E-state index in [2.05, 4.69) is 10.2 Å². The van der Waals surface area contributed by atoms with Crippen LogP contribution in [0.2, 0.25) is 0 Å². The molecule has 104 valence electrons. The molecular weight excluding hydrogens is 250 g/mol. The Bertz CT molecular complexity index is 603. The van der Waals surface area contributed by atoms with E-state index in [1.165, 1.54) is 0 Å². The highest BCUT2D eigenvalue weighted by molar-refractivity contribution is 5.94. The summed E-state index contributed by atoms with van der Waals surface area (Å²) in [5, 5.41) is 7.24. The van der Waals surface area contributed by atoms with Crippen LogP contribution in [-0.4, -0.2) is 27.5 Å². The summed E-state index contributed by atoms with van der Waals surface area (Å²) >= 11 is 0. The van der Waals surface area contributed by atoms with Crippen LogP contribution in [-0.2, 0) is 19.4 Å². The standard InChI is InChI=1S/C16H19N3O/c1-2-19(11-12-7-4-3-5-8-12)16(20)15-13-9-6-10-14(13)17-18-15/h3-5,7-8H,2,6,9-11H2,1H3,(H,17,18). The number of nitrogens with zero attached hydrogens (tertiary/aromatic N) is 2. The van der Waals surface area contributed by atoms with Crippen molar-refractivity contribution >= 4 is 5.91 Å². The van der Waals surface area contributed by atoms with E-state index in [-0.39, 0.29) is 5.91 Å². The predicted molar refractivity (Wildman–Crippen MR) is 77.5 cm³/mol. The number of fused-ring (bicyclic) bond motifs is 1. The summed E-state index contributed by atoms with van der Waals surface area (Å²) in [7, 11) is 0. The minimum Gasteiger partial charge on any atom is -0.333 e. The lowest BCUT2D eigenvalue weighted by Gasteiger charge is -2.20. The lowest BCUT2D eigenvalue weighted by Crippen LogP contribution is -2.31. The molecule has 1 N–H and O–H groups in total. The number of amides is 1. The van der Waals surface area contributed by atoms with Crippen LogP contribution in [0.4, 0.5) is 0 Å².